The van der Waals surface area contributed by atoms with Gasteiger partial charge in [-0.1, -0.05) is 29.3 Å². The lowest BCUT2D eigenvalue weighted by Gasteiger charge is -1.92. The lowest BCUT2D eigenvalue weighted by Crippen LogP contribution is -1.65. The predicted molar refractivity (Wildman–Crippen MR) is 42.7 cm³/mol. The zero-order valence-corrected chi connectivity index (χ0v) is 6.45. The Morgan fingerprint density at radius 2 is 2.00 bits per heavy atom. The van der Waals surface area contributed by atoms with Crippen LogP contribution in [0, 0.1) is 6.57 Å². The monoisotopic (exact) mass is 171 g/mol. The number of rotatable bonds is 0. The Hall–Kier alpha value is -0.710. The van der Waals surface area contributed by atoms with E-state index in [1.54, 1.807) is 12.1 Å². The molecule has 0 radical (unpaired) electrons. The smallest absolute Gasteiger partial charge is 0.206 e. The minimum Gasteiger partial charge on any atom is -0.237 e. The summed E-state index contributed by atoms with van der Waals surface area (Å²) in [6, 6.07) is 4.80. The summed E-state index contributed by atoms with van der Waals surface area (Å²) >= 11 is 11.2. The van der Waals surface area contributed by atoms with Crippen LogP contribution in [-0.2, 0) is 0 Å². The van der Waals surface area contributed by atoms with Crippen molar-refractivity contribution >= 4 is 28.9 Å². The van der Waals surface area contributed by atoms with Crippen LogP contribution in [0.2, 0.25) is 10.0 Å². The van der Waals surface area contributed by atoms with E-state index >= 15 is 0 Å². The third-order valence-electron chi connectivity index (χ3n) is 1.03. The molecule has 3 heteroatoms. The van der Waals surface area contributed by atoms with Crippen molar-refractivity contribution in [3.63, 3.8) is 0 Å². The molecule has 1 aromatic rings. The quantitative estimate of drug-likeness (QED) is 0.527. The van der Waals surface area contributed by atoms with Gasteiger partial charge in [0.15, 0.2) is 0 Å². The van der Waals surface area contributed by atoms with Gasteiger partial charge in [-0.3, -0.25) is 0 Å². The molecule has 0 spiro atoms. The van der Waals surface area contributed by atoms with Gasteiger partial charge in [-0.25, -0.2) is 4.85 Å². The van der Waals surface area contributed by atoms with Gasteiger partial charge < -0.3 is 0 Å². The van der Waals surface area contributed by atoms with Crippen LogP contribution in [0.25, 0.3) is 4.85 Å². The Morgan fingerprint density at radius 1 is 1.30 bits per heavy atom. The van der Waals surface area contributed by atoms with E-state index in [0.717, 1.165) is 0 Å². The van der Waals surface area contributed by atoms with Crippen molar-refractivity contribution in [2.45, 2.75) is 0 Å². The van der Waals surface area contributed by atoms with Crippen molar-refractivity contribution in [1.29, 1.82) is 0 Å². The van der Waals surface area contributed by atoms with Gasteiger partial charge in [-0.05, 0) is 12.1 Å². The molecule has 0 saturated heterocycles. The average molecular weight is 172 g/mol. The molecule has 0 aliphatic rings. The van der Waals surface area contributed by atoms with Gasteiger partial charge in [-0.15, -0.1) is 0 Å². The van der Waals surface area contributed by atoms with Crippen molar-refractivity contribution in [2.24, 2.45) is 0 Å². The number of benzene rings is 1. The van der Waals surface area contributed by atoms with Crippen molar-refractivity contribution in [3.8, 4) is 0 Å². The summed E-state index contributed by atoms with van der Waals surface area (Å²) in [5.41, 5.74) is 0.397. The highest BCUT2D eigenvalue weighted by atomic mass is 35.5. The summed E-state index contributed by atoms with van der Waals surface area (Å²) < 4.78 is 0. The van der Waals surface area contributed by atoms with Gasteiger partial charge in [0.05, 0.1) is 6.57 Å². The van der Waals surface area contributed by atoms with Crippen LogP contribution in [0.15, 0.2) is 18.2 Å². The number of hydrogen-bond donors (Lipinski definition) is 0. The van der Waals surface area contributed by atoms with E-state index in [1.807, 2.05) is 0 Å². The first-order valence-corrected chi connectivity index (χ1v) is 3.32. The Bertz CT molecular complexity index is 288. The van der Waals surface area contributed by atoms with Gasteiger partial charge >= 0.3 is 0 Å². The molecule has 0 N–H and O–H groups in total. The second kappa shape index (κ2) is 2.92. The molecule has 50 valence electrons. The third-order valence-corrected chi connectivity index (χ3v) is 1.58. The Labute approximate surface area is 69.0 Å². The van der Waals surface area contributed by atoms with Crippen molar-refractivity contribution in [3.05, 3.63) is 39.7 Å². The van der Waals surface area contributed by atoms with Crippen molar-refractivity contribution < 1.29 is 0 Å². The average Bonchev–Trinajstić information content (AvgIpc) is 1.94. The Kier molecular flexibility index (Phi) is 2.16. The summed E-state index contributed by atoms with van der Waals surface area (Å²) in [5, 5.41) is 0.981. The fourth-order valence-electron chi connectivity index (χ4n) is 0.571. The van der Waals surface area contributed by atoms with Crippen molar-refractivity contribution in [1.82, 2.24) is 0 Å². The molecule has 0 atom stereocenters. The van der Waals surface area contributed by atoms with E-state index in [4.69, 9.17) is 29.8 Å². The molecule has 1 aromatic carbocycles. The van der Waals surface area contributed by atoms with Crippen molar-refractivity contribution in [2.75, 3.05) is 0 Å². The second-order valence-corrected chi connectivity index (χ2v) is 2.55. The van der Waals surface area contributed by atoms with E-state index in [9.17, 15) is 0 Å². The molecule has 0 unspecified atom stereocenters. The first-order chi connectivity index (χ1) is 4.74. The highest BCUT2D eigenvalue weighted by Crippen LogP contribution is 2.27. The summed E-state index contributed by atoms with van der Waals surface area (Å²) in [7, 11) is 0. The lowest BCUT2D eigenvalue weighted by molar-refractivity contribution is 1.71. The lowest BCUT2D eigenvalue weighted by atomic mass is 10.3. The van der Waals surface area contributed by atoms with Crippen LogP contribution in [0.5, 0.6) is 0 Å². The summed E-state index contributed by atoms with van der Waals surface area (Å²) in [6.07, 6.45) is 0. The third kappa shape index (κ3) is 1.41. The molecule has 0 amide bonds. The minimum atomic E-state index is 0.397. The van der Waals surface area contributed by atoms with Gasteiger partial charge in [0.2, 0.25) is 5.69 Å². The zero-order chi connectivity index (χ0) is 7.56. The fourth-order valence-corrected chi connectivity index (χ4v) is 0.898. The van der Waals surface area contributed by atoms with E-state index in [-0.39, 0.29) is 0 Å². The molecular formula is C7H3Cl2N. The molecule has 0 aliphatic carbocycles. The SMILES string of the molecule is [C-]#[N+]c1cc(Cl)ccc1Cl. The molecule has 1 rings (SSSR count). The second-order valence-electron chi connectivity index (χ2n) is 1.71. The largest absolute Gasteiger partial charge is 0.237 e. The molecule has 10 heavy (non-hydrogen) atoms. The molecule has 1 nitrogen and oxygen atoms in total. The van der Waals surface area contributed by atoms with Crippen LogP contribution in [0.1, 0.15) is 0 Å². The molecule has 0 aliphatic heterocycles. The highest BCUT2D eigenvalue weighted by Gasteiger charge is 1.97. The highest BCUT2D eigenvalue weighted by molar-refractivity contribution is 6.35. The molecule has 0 heterocycles. The minimum absolute atomic E-state index is 0.397. The van der Waals surface area contributed by atoms with Crippen LogP contribution < -0.4 is 0 Å². The topological polar surface area (TPSA) is 4.36 Å². The maximum atomic E-state index is 6.66. The van der Waals surface area contributed by atoms with Gasteiger partial charge in [0.1, 0.15) is 0 Å². The van der Waals surface area contributed by atoms with Crippen LogP contribution in [0.3, 0.4) is 0 Å². The van der Waals surface area contributed by atoms with Gasteiger partial charge in [0.25, 0.3) is 0 Å². The van der Waals surface area contributed by atoms with E-state index in [2.05, 4.69) is 4.85 Å². The first-order valence-electron chi connectivity index (χ1n) is 2.56. The van der Waals surface area contributed by atoms with Crippen LogP contribution in [-0.4, -0.2) is 0 Å². The maximum Gasteiger partial charge on any atom is 0.206 e. The molecule has 0 fully saturated rings. The van der Waals surface area contributed by atoms with Crippen LogP contribution in [0.4, 0.5) is 5.69 Å². The number of nitrogens with zero attached hydrogens (tertiary/aromatic N) is 1. The standard InChI is InChI=1S/C7H3Cl2N/c1-10-7-4-5(8)2-3-6(7)9/h2-4H. The normalized spacial score (nSPS) is 8.90. The fraction of sp³-hybridized carbons (Fsp3) is 0. The van der Waals surface area contributed by atoms with E-state index < -0.39 is 0 Å². The Morgan fingerprint density at radius 3 is 2.50 bits per heavy atom. The molecule has 0 aromatic heterocycles. The zero-order valence-electron chi connectivity index (χ0n) is 4.94. The van der Waals surface area contributed by atoms with Gasteiger partial charge in [0, 0.05) is 10.0 Å². The van der Waals surface area contributed by atoms with Crippen LogP contribution >= 0.6 is 23.2 Å². The molecule has 0 saturated carbocycles. The molecule has 0 bridgehead atoms. The summed E-state index contributed by atoms with van der Waals surface area (Å²) in [5.74, 6) is 0. The van der Waals surface area contributed by atoms with E-state index in [1.165, 1.54) is 6.07 Å². The van der Waals surface area contributed by atoms with Gasteiger partial charge in [-0.2, -0.15) is 0 Å². The summed E-state index contributed by atoms with van der Waals surface area (Å²) in [6.45, 7) is 6.66. The summed E-state index contributed by atoms with van der Waals surface area (Å²) in [4.78, 5) is 3.16. The number of hydrogen-bond acceptors (Lipinski definition) is 0. The predicted octanol–water partition coefficient (Wildman–Crippen LogP) is 3.54. The maximum absolute atomic E-state index is 6.66. The Balaban J connectivity index is 3.25. The molecular weight excluding hydrogens is 169 g/mol. The first kappa shape index (κ1) is 7.40. The number of halogens is 2. The van der Waals surface area contributed by atoms with E-state index in [0.29, 0.717) is 15.7 Å².